The van der Waals surface area contributed by atoms with Gasteiger partial charge in [-0.15, -0.1) is 0 Å². The summed E-state index contributed by atoms with van der Waals surface area (Å²) in [5.41, 5.74) is 2.57. The number of piperidine rings is 1. The summed E-state index contributed by atoms with van der Waals surface area (Å²) in [6, 6.07) is 8.89. The molecule has 1 atom stereocenters. The van der Waals surface area contributed by atoms with Gasteiger partial charge >= 0.3 is 0 Å². The topological polar surface area (TPSA) is 52.7 Å². The lowest BCUT2D eigenvalue weighted by atomic mass is 9.94. The molecule has 0 aromatic heterocycles. The van der Waals surface area contributed by atoms with Crippen LogP contribution in [0.4, 0.5) is 0 Å². The Morgan fingerprint density at radius 2 is 1.55 bits per heavy atom. The summed E-state index contributed by atoms with van der Waals surface area (Å²) in [5.74, 6) is 0.965. The minimum absolute atomic E-state index is 0.0931. The molecule has 0 bridgehead atoms. The van der Waals surface area contributed by atoms with Crippen LogP contribution in [0.3, 0.4) is 0 Å². The monoisotopic (exact) mass is 427 g/mol. The van der Waals surface area contributed by atoms with Crippen LogP contribution in [-0.4, -0.2) is 54.3 Å². The van der Waals surface area contributed by atoms with Crippen molar-refractivity contribution in [3.63, 3.8) is 0 Å². The summed E-state index contributed by atoms with van der Waals surface area (Å²) in [7, 11) is 0. The van der Waals surface area contributed by atoms with Crippen molar-refractivity contribution >= 4 is 11.8 Å². The second kappa shape index (κ2) is 11.7. The van der Waals surface area contributed by atoms with Gasteiger partial charge in [0.05, 0.1) is 6.54 Å². The first-order valence-corrected chi connectivity index (χ1v) is 12.4. The van der Waals surface area contributed by atoms with E-state index >= 15 is 0 Å². The molecule has 0 spiro atoms. The average molecular weight is 428 g/mol. The van der Waals surface area contributed by atoms with Crippen molar-refractivity contribution in [2.24, 2.45) is 11.8 Å². The summed E-state index contributed by atoms with van der Waals surface area (Å²) >= 11 is 0. The maximum atomic E-state index is 12.9. The Balaban J connectivity index is 1.47. The quantitative estimate of drug-likeness (QED) is 0.710. The molecular formula is C26H41N3O2. The molecule has 1 aromatic carbocycles. The van der Waals surface area contributed by atoms with Crippen molar-refractivity contribution in [1.29, 1.82) is 0 Å². The number of carbonyl (C=O) groups is 2. The van der Waals surface area contributed by atoms with Crippen LogP contribution >= 0.6 is 0 Å². The van der Waals surface area contributed by atoms with Gasteiger partial charge in [-0.25, -0.2) is 0 Å². The number of nitrogens with zero attached hydrogens (tertiary/aromatic N) is 2. The van der Waals surface area contributed by atoms with E-state index in [0.717, 1.165) is 45.2 Å². The molecule has 0 saturated carbocycles. The van der Waals surface area contributed by atoms with Gasteiger partial charge in [-0.1, -0.05) is 57.9 Å². The molecular weight excluding hydrogens is 386 g/mol. The van der Waals surface area contributed by atoms with Crippen molar-refractivity contribution in [2.75, 3.05) is 32.7 Å². The van der Waals surface area contributed by atoms with E-state index in [1.807, 2.05) is 4.90 Å². The molecule has 5 heteroatoms. The normalized spacial score (nSPS) is 19.4. The second-order valence-electron chi connectivity index (χ2n) is 9.59. The third-order valence-corrected chi connectivity index (χ3v) is 7.00. The van der Waals surface area contributed by atoms with E-state index in [1.54, 1.807) is 0 Å². The summed E-state index contributed by atoms with van der Waals surface area (Å²) in [4.78, 5) is 29.8. The first-order valence-electron chi connectivity index (χ1n) is 12.4. The summed E-state index contributed by atoms with van der Waals surface area (Å²) in [6.07, 6.45) is 7.38. The van der Waals surface area contributed by atoms with Gasteiger partial charge in [-0.2, -0.15) is 0 Å². The lowest BCUT2D eigenvalue weighted by molar-refractivity contribution is -0.140. The average Bonchev–Trinajstić information content (AvgIpc) is 3.08. The molecule has 5 nitrogen and oxygen atoms in total. The van der Waals surface area contributed by atoms with Crippen molar-refractivity contribution < 1.29 is 9.59 Å². The molecule has 0 aliphatic carbocycles. The molecule has 0 radical (unpaired) electrons. The van der Waals surface area contributed by atoms with E-state index in [-0.39, 0.29) is 17.9 Å². The number of amides is 2. The zero-order chi connectivity index (χ0) is 22.2. The van der Waals surface area contributed by atoms with E-state index in [9.17, 15) is 9.59 Å². The van der Waals surface area contributed by atoms with E-state index in [2.05, 4.69) is 55.3 Å². The molecule has 2 heterocycles. The Kier molecular flexibility index (Phi) is 8.94. The summed E-state index contributed by atoms with van der Waals surface area (Å²) < 4.78 is 0. The number of nitrogens with one attached hydrogen (secondary N) is 1. The lowest BCUT2D eigenvalue weighted by Gasteiger charge is -2.34. The number of hydrogen-bond acceptors (Lipinski definition) is 3. The molecule has 1 N–H and O–H groups in total. The van der Waals surface area contributed by atoms with Crippen LogP contribution in [0, 0.1) is 11.8 Å². The number of likely N-dealkylation sites (tertiary alicyclic amines) is 2. The molecule has 2 aliphatic rings. The molecule has 1 unspecified atom stereocenters. The van der Waals surface area contributed by atoms with Gasteiger partial charge in [0.15, 0.2) is 0 Å². The van der Waals surface area contributed by atoms with Crippen molar-refractivity contribution in [1.82, 2.24) is 15.1 Å². The second-order valence-corrected chi connectivity index (χ2v) is 9.59. The molecule has 3 rings (SSSR count). The molecule has 1 aromatic rings. The largest absolute Gasteiger partial charge is 0.342 e. The third kappa shape index (κ3) is 6.55. The van der Waals surface area contributed by atoms with Gasteiger partial charge in [0.1, 0.15) is 0 Å². The first-order chi connectivity index (χ1) is 15.0. The molecule has 2 aliphatic heterocycles. The fourth-order valence-corrected chi connectivity index (χ4v) is 4.93. The molecule has 2 saturated heterocycles. The third-order valence-electron chi connectivity index (χ3n) is 7.00. The Morgan fingerprint density at radius 3 is 2.10 bits per heavy atom. The Hall–Kier alpha value is -1.88. The number of benzene rings is 1. The standard InChI is InChI=1S/C26H41N3O2/c1-4-21-9-11-22(12-10-21)25(20(2)3)27-19-24(30)28-17-13-23(14-18-28)26(31)29-15-7-5-6-8-16-29/h9-12,20,23,25,27H,4-8,13-19H2,1-3H3. The van der Waals surface area contributed by atoms with Crippen LogP contribution in [0.5, 0.6) is 0 Å². The predicted molar refractivity (Wildman–Crippen MR) is 126 cm³/mol. The molecule has 172 valence electrons. The van der Waals surface area contributed by atoms with Crippen LogP contribution in [0.25, 0.3) is 0 Å². The van der Waals surface area contributed by atoms with E-state index < -0.39 is 0 Å². The number of carbonyl (C=O) groups excluding carboxylic acids is 2. The minimum Gasteiger partial charge on any atom is -0.342 e. The maximum Gasteiger partial charge on any atom is 0.236 e. The Morgan fingerprint density at radius 1 is 0.935 bits per heavy atom. The fraction of sp³-hybridized carbons (Fsp3) is 0.692. The summed E-state index contributed by atoms with van der Waals surface area (Å²) in [5, 5.41) is 3.50. The van der Waals surface area contributed by atoms with Gasteiger partial charge in [-0.05, 0) is 49.1 Å². The van der Waals surface area contributed by atoms with Gasteiger partial charge in [0, 0.05) is 38.1 Å². The van der Waals surface area contributed by atoms with Crippen LogP contribution in [0.15, 0.2) is 24.3 Å². The van der Waals surface area contributed by atoms with E-state index in [1.165, 1.54) is 24.0 Å². The molecule has 31 heavy (non-hydrogen) atoms. The van der Waals surface area contributed by atoms with Gasteiger partial charge in [0.2, 0.25) is 11.8 Å². The van der Waals surface area contributed by atoms with Gasteiger partial charge < -0.3 is 15.1 Å². The highest BCUT2D eigenvalue weighted by Crippen LogP contribution is 2.24. The SMILES string of the molecule is CCc1ccc(C(NCC(=O)N2CCC(C(=O)N3CCCCCC3)CC2)C(C)C)cc1. The number of aryl methyl sites for hydroxylation is 1. The number of rotatable bonds is 7. The fourth-order valence-electron chi connectivity index (χ4n) is 4.93. The highest BCUT2D eigenvalue weighted by atomic mass is 16.2. The van der Waals surface area contributed by atoms with Crippen molar-refractivity contribution in [3.05, 3.63) is 35.4 Å². The first kappa shape index (κ1) is 23.8. The Bertz CT molecular complexity index is 700. The molecule has 2 fully saturated rings. The smallest absolute Gasteiger partial charge is 0.236 e. The zero-order valence-electron chi connectivity index (χ0n) is 19.7. The van der Waals surface area contributed by atoms with Gasteiger partial charge in [0.25, 0.3) is 0 Å². The zero-order valence-corrected chi connectivity index (χ0v) is 19.7. The predicted octanol–water partition coefficient (Wildman–Crippen LogP) is 4.18. The maximum absolute atomic E-state index is 12.9. The summed E-state index contributed by atoms with van der Waals surface area (Å²) in [6.45, 7) is 10.1. The van der Waals surface area contributed by atoms with Crippen molar-refractivity contribution in [3.8, 4) is 0 Å². The van der Waals surface area contributed by atoms with E-state index in [4.69, 9.17) is 0 Å². The van der Waals surface area contributed by atoms with E-state index in [0.29, 0.717) is 31.5 Å². The Labute approximate surface area is 188 Å². The number of hydrogen-bond donors (Lipinski definition) is 1. The van der Waals surface area contributed by atoms with Crippen LogP contribution < -0.4 is 5.32 Å². The van der Waals surface area contributed by atoms with Crippen LogP contribution in [0.1, 0.15) is 76.5 Å². The highest BCUT2D eigenvalue weighted by molar-refractivity contribution is 5.81. The lowest BCUT2D eigenvalue weighted by Crippen LogP contribution is -2.47. The van der Waals surface area contributed by atoms with Crippen molar-refractivity contribution in [2.45, 2.75) is 71.8 Å². The molecule has 2 amide bonds. The van der Waals surface area contributed by atoms with Crippen LogP contribution in [0.2, 0.25) is 0 Å². The highest BCUT2D eigenvalue weighted by Gasteiger charge is 2.30. The van der Waals surface area contributed by atoms with Gasteiger partial charge in [-0.3, -0.25) is 9.59 Å². The minimum atomic E-state index is 0.0931. The van der Waals surface area contributed by atoms with Crippen LogP contribution in [-0.2, 0) is 16.0 Å².